The fraction of sp³-hybridized carbons (Fsp3) is 0.333. The SMILES string of the molecule is Cc1ccc2c(c1)C(C(C)(O)C(=Nc1cccc3nc(C)ccc13)C(F)(F)F)CCO2. The largest absolute Gasteiger partial charge is 0.493 e. The zero-order valence-electron chi connectivity index (χ0n) is 17.5. The molecule has 0 saturated heterocycles. The predicted molar refractivity (Wildman–Crippen MR) is 114 cm³/mol. The van der Waals surface area contributed by atoms with E-state index in [2.05, 4.69) is 9.98 Å². The molecule has 3 aromatic rings. The first-order valence-corrected chi connectivity index (χ1v) is 10.1. The molecule has 2 heterocycles. The highest BCUT2D eigenvalue weighted by molar-refractivity contribution is 6.02. The van der Waals surface area contributed by atoms with Gasteiger partial charge in [0.15, 0.2) is 5.71 Å². The summed E-state index contributed by atoms with van der Waals surface area (Å²) in [6.45, 7) is 5.07. The second-order valence-electron chi connectivity index (χ2n) is 8.13. The summed E-state index contributed by atoms with van der Waals surface area (Å²) < 4.78 is 48.3. The maximum Gasteiger partial charge on any atom is 0.432 e. The molecule has 31 heavy (non-hydrogen) atoms. The van der Waals surface area contributed by atoms with Crippen molar-refractivity contribution < 1.29 is 23.0 Å². The number of pyridine rings is 1. The molecule has 1 N–H and O–H groups in total. The average Bonchev–Trinajstić information content (AvgIpc) is 2.70. The fourth-order valence-corrected chi connectivity index (χ4v) is 4.18. The summed E-state index contributed by atoms with van der Waals surface area (Å²) in [4.78, 5) is 8.36. The second kappa shape index (κ2) is 7.64. The van der Waals surface area contributed by atoms with Crippen LogP contribution in [0.3, 0.4) is 0 Å². The molecule has 0 amide bonds. The molecule has 7 heteroatoms. The Morgan fingerprint density at radius 2 is 1.90 bits per heavy atom. The Bertz CT molecular complexity index is 1170. The Balaban J connectivity index is 1.88. The molecule has 1 aliphatic rings. The standard InChI is InChI=1S/C24H23F3N2O2/c1-14-7-10-21-17(13-14)18(11-12-31-21)23(3,30)22(24(25,26)27)29-20-6-4-5-19-16(20)9-8-15(2)28-19/h4-10,13,18,30H,11-12H2,1-3H3. The van der Waals surface area contributed by atoms with Gasteiger partial charge in [-0.15, -0.1) is 0 Å². The van der Waals surface area contributed by atoms with Crippen LogP contribution in [0.2, 0.25) is 0 Å². The third-order valence-electron chi connectivity index (χ3n) is 5.71. The number of hydrogen-bond donors (Lipinski definition) is 1. The van der Waals surface area contributed by atoms with Crippen molar-refractivity contribution in [3.63, 3.8) is 0 Å². The molecule has 0 spiro atoms. The molecule has 0 saturated carbocycles. The number of ether oxygens (including phenoxy) is 1. The number of benzene rings is 2. The first-order valence-electron chi connectivity index (χ1n) is 10.1. The van der Waals surface area contributed by atoms with Gasteiger partial charge in [0, 0.05) is 22.6 Å². The molecule has 0 aliphatic carbocycles. The lowest BCUT2D eigenvalue weighted by molar-refractivity contribution is -0.0768. The Morgan fingerprint density at radius 3 is 2.65 bits per heavy atom. The summed E-state index contributed by atoms with van der Waals surface area (Å²) in [6, 6.07) is 13.6. The van der Waals surface area contributed by atoms with Gasteiger partial charge in [-0.3, -0.25) is 4.98 Å². The van der Waals surface area contributed by atoms with E-state index in [1.165, 1.54) is 13.0 Å². The van der Waals surface area contributed by atoms with Crippen molar-refractivity contribution in [1.29, 1.82) is 0 Å². The van der Waals surface area contributed by atoms with Crippen LogP contribution in [0.15, 0.2) is 53.5 Å². The van der Waals surface area contributed by atoms with Crippen LogP contribution in [-0.4, -0.2) is 34.2 Å². The van der Waals surface area contributed by atoms with Gasteiger partial charge in [0.2, 0.25) is 0 Å². The topological polar surface area (TPSA) is 54.7 Å². The van der Waals surface area contributed by atoms with Gasteiger partial charge in [0.1, 0.15) is 11.4 Å². The van der Waals surface area contributed by atoms with Crippen molar-refractivity contribution in [3.05, 3.63) is 65.4 Å². The Morgan fingerprint density at radius 1 is 1.13 bits per heavy atom. The van der Waals surface area contributed by atoms with E-state index in [0.29, 0.717) is 22.2 Å². The van der Waals surface area contributed by atoms with Crippen LogP contribution < -0.4 is 4.74 Å². The second-order valence-corrected chi connectivity index (χ2v) is 8.13. The van der Waals surface area contributed by atoms with Gasteiger partial charge in [-0.25, -0.2) is 4.99 Å². The number of alkyl halides is 3. The summed E-state index contributed by atoms with van der Waals surface area (Å²) in [5.74, 6) is -0.319. The minimum atomic E-state index is -4.83. The van der Waals surface area contributed by atoms with E-state index in [9.17, 15) is 18.3 Å². The molecule has 0 fully saturated rings. The number of aliphatic hydroxyl groups is 1. The minimum Gasteiger partial charge on any atom is -0.493 e. The molecular weight excluding hydrogens is 405 g/mol. The molecule has 0 radical (unpaired) electrons. The van der Waals surface area contributed by atoms with Crippen LogP contribution in [0.25, 0.3) is 10.9 Å². The summed E-state index contributed by atoms with van der Waals surface area (Å²) in [7, 11) is 0. The number of halogens is 3. The van der Waals surface area contributed by atoms with Crippen molar-refractivity contribution in [2.45, 2.75) is 44.9 Å². The summed E-state index contributed by atoms with van der Waals surface area (Å²) in [6.07, 6.45) is -4.58. The lowest BCUT2D eigenvalue weighted by Gasteiger charge is -2.38. The van der Waals surface area contributed by atoms with E-state index in [4.69, 9.17) is 4.74 Å². The van der Waals surface area contributed by atoms with Gasteiger partial charge in [0.25, 0.3) is 0 Å². The van der Waals surface area contributed by atoms with Gasteiger partial charge < -0.3 is 9.84 Å². The maximum atomic E-state index is 14.2. The van der Waals surface area contributed by atoms with E-state index in [-0.39, 0.29) is 18.7 Å². The fourth-order valence-electron chi connectivity index (χ4n) is 4.18. The monoisotopic (exact) mass is 428 g/mol. The molecule has 2 aromatic carbocycles. The number of aliphatic imine (C=N–C) groups is 1. The number of rotatable bonds is 3. The zero-order chi connectivity index (χ0) is 22.4. The number of nitrogens with zero attached hydrogens (tertiary/aromatic N) is 2. The van der Waals surface area contributed by atoms with E-state index in [1.807, 2.05) is 19.9 Å². The van der Waals surface area contributed by atoms with Crippen LogP contribution in [0, 0.1) is 13.8 Å². The first-order chi connectivity index (χ1) is 14.6. The Labute approximate surface area is 178 Å². The maximum absolute atomic E-state index is 14.2. The number of aryl methyl sites for hydroxylation is 2. The summed E-state index contributed by atoms with van der Waals surface area (Å²) >= 11 is 0. The van der Waals surface area contributed by atoms with E-state index >= 15 is 0 Å². The molecular formula is C24H23F3N2O2. The summed E-state index contributed by atoms with van der Waals surface area (Å²) in [5.41, 5.74) is -0.624. The van der Waals surface area contributed by atoms with Crippen LogP contribution >= 0.6 is 0 Å². The van der Waals surface area contributed by atoms with Gasteiger partial charge in [0.05, 0.1) is 17.8 Å². The van der Waals surface area contributed by atoms with Crippen LogP contribution in [0.1, 0.15) is 36.1 Å². The Hall–Kier alpha value is -2.93. The highest BCUT2D eigenvalue weighted by Crippen LogP contribution is 2.44. The van der Waals surface area contributed by atoms with E-state index in [1.54, 1.807) is 36.4 Å². The van der Waals surface area contributed by atoms with Gasteiger partial charge >= 0.3 is 6.18 Å². The average molecular weight is 428 g/mol. The third-order valence-corrected chi connectivity index (χ3v) is 5.71. The predicted octanol–water partition coefficient (Wildman–Crippen LogP) is 5.80. The lowest BCUT2D eigenvalue weighted by atomic mass is 9.76. The summed E-state index contributed by atoms with van der Waals surface area (Å²) in [5, 5.41) is 11.8. The normalized spacial score (nSPS) is 18.9. The smallest absolute Gasteiger partial charge is 0.432 e. The van der Waals surface area contributed by atoms with Crippen molar-refractivity contribution in [2.24, 2.45) is 4.99 Å². The lowest BCUT2D eigenvalue weighted by Crippen LogP contribution is -2.50. The van der Waals surface area contributed by atoms with Crippen LogP contribution in [0.5, 0.6) is 5.75 Å². The third kappa shape index (κ3) is 4.02. The van der Waals surface area contributed by atoms with Crippen LogP contribution in [-0.2, 0) is 0 Å². The quantitative estimate of drug-likeness (QED) is 0.536. The first kappa shape index (κ1) is 21.3. The molecule has 1 aromatic heterocycles. The zero-order valence-corrected chi connectivity index (χ0v) is 17.5. The number of fused-ring (bicyclic) bond motifs is 2. The Kier molecular flexibility index (Phi) is 5.25. The van der Waals surface area contributed by atoms with E-state index in [0.717, 1.165) is 11.3 Å². The van der Waals surface area contributed by atoms with Crippen molar-refractivity contribution >= 4 is 22.3 Å². The van der Waals surface area contributed by atoms with Gasteiger partial charge in [-0.2, -0.15) is 13.2 Å². The minimum absolute atomic E-state index is 0.120. The highest BCUT2D eigenvalue weighted by atomic mass is 19.4. The van der Waals surface area contributed by atoms with Crippen molar-refractivity contribution in [1.82, 2.24) is 4.98 Å². The van der Waals surface area contributed by atoms with Gasteiger partial charge in [-0.1, -0.05) is 23.8 Å². The molecule has 4 rings (SSSR count). The van der Waals surface area contributed by atoms with Gasteiger partial charge in [-0.05, 0) is 57.5 Å². The molecule has 2 unspecified atom stereocenters. The molecule has 2 atom stereocenters. The highest BCUT2D eigenvalue weighted by Gasteiger charge is 2.52. The molecule has 1 aliphatic heterocycles. The number of aromatic nitrogens is 1. The van der Waals surface area contributed by atoms with E-state index < -0.39 is 23.4 Å². The van der Waals surface area contributed by atoms with Crippen molar-refractivity contribution in [2.75, 3.05) is 6.61 Å². The van der Waals surface area contributed by atoms with Crippen molar-refractivity contribution in [3.8, 4) is 5.75 Å². The molecule has 4 nitrogen and oxygen atoms in total. The molecule has 162 valence electrons. The molecule has 0 bridgehead atoms. The van der Waals surface area contributed by atoms with Crippen LogP contribution in [0.4, 0.5) is 18.9 Å². The number of hydrogen-bond acceptors (Lipinski definition) is 4.